The van der Waals surface area contributed by atoms with Crippen molar-refractivity contribution in [2.24, 2.45) is 4.99 Å². The number of halogens is 1. The molecule has 1 unspecified atom stereocenters. The third-order valence-electron chi connectivity index (χ3n) is 2.83. The summed E-state index contributed by atoms with van der Waals surface area (Å²) in [6.07, 6.45) is 5.78. The van der Waals surface area contributed by atoms with Crippen LogP contribution in [0.2, 0.25) is 0 Å². The number of nitrogens with one attached hydrogen (secondary N) is 1. The van der Waals surface area contributed by atoms with E-state index in [1.165, 1.54) is 18.0 Å². The minimum Gasteiger partial charge on any atom is -0.372 e. The third-order valence-corrected chi connectivity index (χ3v) is 2.83. The highest BCUT2D eigenvalue weighted by Gasteiger charge is 2.17. The topological polar surface area (TPSA) is 48.2 Å². The second kappa shape index (κ2) is 4.75. The Labute approximate surface area is 93.6 Å². The van der Waals surface area contributed by atoms with Gasteiger partial charge in [0, 0.05) is 6.04 Å². The van der Waals surface area contributed by atoms with Crippen molar-refractivity contribution in [3.05, 3.63) is 35.1 Å². The van der Waals surface area contributed by atoms with Crippen molar-refractivity contribution in [1.82, 2.24) is 5.32 Å². The average Bonchev–Trinajstić information content (AvgIpc) is 2.29. The number of nitrogens with zero attached hydrogens (tertiary/aromatic N) is 2. The number of aliphatic imine (C=N–C) groups is 1. The Morgan fingerprint density at radius 2 is 2.38 bits per heavy atom. The van der Waals surface area contributed by atoms with Gasteiger partial charge in [-0.05, 0) is 42.5 Å². The maximum Gasteiger partial charge on any atom is 0.207 e. The van der Waals surface area contributed by atoms with Crippen molar-refractivity contribution in [2.75, 3.05) is 0 Å². The zero-order valence-electron chi connectivity index (χ0n) is 8.78. The van der Waals surface area contributed by atoms with Crippen LogP contribution in [0.5, 0.6) is 0 Å². The fourth-order valence-electron chi connectivity index (χ4n) is 2.04. The van der Waals surface area contributed by atoms with Crippen LogP contribution in [0.25, 0.3) is 0 Å². The summed E-state index contributed by atoms with van der Waals surface area (Å²) in [5.74, 6) is -0.170. The lowest BCUT2D eigenvalue weighted by Crippen LogP contribution is -2.33. The van der Waals surface area contributed by atoms with Gasteiger partial charge in [-0.1, -0.05) is 6.07 Å². The molecule has 1 aromatic rings. The van der Waals surface area contributed by atoms with Crippen LogP contribution >= 0.6 is 0 Å². The van der Waals surface area contributed by atoms with Crippen molar-refractivity contribution < 1.29 is 4.39 Å². The highest BCUT2D eigenvalue weighted by atomic mass is 19.1. The van der Waals surface area contributed by atoms with Crippen LogP contribution in [0.4, 0.5) is 4.39 Å². The number of aryl methyl sites for hydroxylation is 1. The van der Waals surface area contributed by atoms with Gasteiger partial charge in [0.05, 0.1) is 0 Å². The number of hydrogen-bond acceptors (Lipinski definition) is 2. The second-order valence-electron chi connectivity index (χ2n) is 3.88. The lowest BCUT2D eigenvalue weighted by Gasteiger charge is -2.24. The molecule has 1 atom stereocenters. The molecule has 1 aliphatic carbocycles. The number of hydrogen-bond donors (Lipinski definition) is 1. The highest BCUT2D eigenvalue weighted by Crippen LogP contribution is 2.21. The van der Waals surface area contributed by atoms with Crippen molar-refractivity contribution in [3.8, 4) is 6.19 Å². The quantitative estimate of drug-likeness (QED) is 0.466. The van der Waals surface area contributed by atoms with Gasteiger partial charge in [0.1, 0.15) is 12.2 Å². The van der Waals surface area contributed by atoms with Gasteiger partial charge in [0.15, 0.2) is 0 Å². The molecule has 1 N–H and O–H groups in total. The van der Waals surface area contributed by atoms with Gasteiger partial charge in [-0.3, -0.25) is 0 Å². The largest absolute Gasteiger partial charge is 0.372 e. The predicted octanol–water partition coefficient (Wildman–Crippen LogP) is 1.78. The highest BCUT2D eigenvalue weighted by molar-refractivity contribution is 5.56. The standard InChI is InChI=1S/C12H12FN3/c13-11-3-1-10-6-12(16-8-15-7-14)4-2-9(10)5-11/h1,3,5,8,12H,2,4,6H2,(H,15,16). The predicted molar refractivity (Wildman–Crippen MR) is 59.5 cm³/mol. The molecule has 3 nitrogen and oxygen atoms in total. The summed E-state index contributed by atoms with van der Waals surface area (Å²) < 4.78 is 13.0. The van der Waals surface area contributed by atoms with Crippen molar-refractivity contribution in [2.45, 2.75) is 25.3 Å². The Bertz CT molecular complexity index is 448. The Morgan fingerprint density at radius 1 is 1.50 bits per heavy atom. The van der Waals surface area contributed by atoms with Crippen molar-refractivity contribution in [3.63, 3.8) is 0 Å². The summed E-state index contributed by atoms with van der Waals surface area (Å²) >= 11 is 0. The first-order valence-corrected chi connectivity index (χ1v) is 5.23. The molecule has 4 heteroatoms. The van der Waals surface area contributed by atoms with E-state index in [1.807, 2.05) is 6.07 Å². The molecular formula is C12H12FN3. The summed E-state index contributed by atoms with van der Waals surface area (Å²) in [5, 5.41) is 11.3. The SMILES string of the molecule is N#CN=CNC1CCc2cc(F)ccc2C1. The number of nitriles is 1. The number of rotatable bonds is 2. The van der Waals surface area contributed by atoms with Crippen LogP contribution in [0.3, 0.4) is 0 Å². The summed E-state index contributed by atoms with van der Waals surface area (Å²) in [4.78, 5) is 3.45. The molecule has 16 heavy (non-hydrogen) atoms. The van der Waals surface area contributed by atoms with E-state index in [2.05, 4.69) is 10.3 Å². The molecule has 0 spiro atoms. The molecule has 0 aromatic heterocycles. The molecule has 0 heterocycles. The third kappa shape index (κ3) is 2.37. The smallest absolute Gasteiger partial charge is 0.207 e. The molecule has 0 fully saturated rings. The summed E-state index contributed by atoms with van der Waals surface area (Å²) in [6, 6.07) is 5.22. The molecule has 0 aliphatic heterocycles. The summed E-state index contributed by atoms with van der Waals surface area (Å²) in [7, 11) is 0. The average molecular weight is 217 g/mol. The molecular weight excluding hydrogens is 205 g/mol. The van der Waals surface area contributed by atoms with E-state index in [0.717, 1.165) is 24.8 Å². The van der Waals surface area contributed by atoms with Crippen LogP contribution in [-0.4, -0.2) is 12.4 Å². The van der Waals surface area contributed by atoms with Gasteiger partial charge < -0.3 is 5.32 Å². The van der Waals surface area contributed by atoms with Crippen LogP contribution in [-0.2, 0) is 12.8 Å². The number of fused-ring (bicyclic) bond motifs is 1. The lowest BCUT2D eigenvalue weighted by molar-refractivity contribution is 0.528. The van der Waals surface area contributed by atoms with Gasteiger partial charge in [-0.25, -0.2) is 4.39 Å². The molecule has 0 saturated carbocycles. The maximum absolute atomic E-state index is 13.0. The Balaban J connectivity index is 2.04. The molecule has 0 radical (unpaired) electrons. The van der Waals surface area contributed by atoms with E-state index in [-0.39, 0.29) is 11.9 Å². The molecule has 1 aliphatic rings. The molecule has 2 rings (SSSR count). The second-order valence-corrected chi connectivity index (χ2v) is 3.88. The Kier molecular flexibility index (Phi) is 3.16. The molecule has 0 bridgehead atoms. The van der Waals surface area contributed by atoms with Crippen LogP contribution < -0.4 is 5.32 Å². The van der Waals surface area contributed by atoms with Gasteiger partial charge in [0.25, 0.3) is 0 Å². The monoisotopic (exact) mass is 217 g/mol. The van der Waals surface area contributed by atoms with Gasteiger partial charge in [0.2, 0.25) is 6.19 Å². The Morgan fingerprint density at radius 3 is 3.19 bits per heavy atom. The van der Waals surface area contributed by atoms with E-state index < -0.39 is 0 Å². The van der Waals surface area contributed by atoms with Gasteiger partial charge in [-0.2, -0.15) is 10.3 Å². The molecule has 0 amide bonds. The van der Waals surface area contributed by atoms with E-state index >= 15 is 0 Å². The summed E-state index contributed by atoms with van der Waals surface area (Å²) in [5.41, 5.74) is 2.27. The fraction of sp³-hybridized carbons (Fsp3) is 0.333. The maximum atomic E-state index is 13.0. The van der Waals surface area contributed by atoms with Crippen LogP contribution in [0.15, 0.2) is 23.2 Å². The molecule has 1 aromatic carbocycles. The Hall–Kier alpha value is -1.89. The van der Waals surface area contributed by atoms with E-state index in [0.29, 0.717) is 0 Å². The van der Waals surface area contributed by atoms with E-state index in [1.54, 1.807) is 12.3 Å². The van der Waals surface area contributed by atoms with Gasteiger partial charge >= 0.3 is 0 Å². The van der Waals surface area contributed by atoms with Crippen LogP contribution in [0.1, 0.15) is 17.5 Å². The molecule has 82 valence electrons. The molecule has 0 saturated heterocycles. The first-order chi connectivity index (χ1) is 7.79. The summed E-state index contributed by atoms with van der Waals surface area (Å²) in [6.45, 7) is 0. The first kappa shape index (κ1) is 10.6. The zero-order valence-corrected chi connectivity index (χ0v) is 8.78. The normalized spacial score (nSPS) is 19.1. The lowest BCUT2D eigenvalue weighted by atomic mass is 9.88. The number of benzene rings is 1. The zero-order chi connectivity index (χ0) is 11.4. The van der Waals surface area contributed by atoms with E-state index in [9.17, 15) is 4.39 Å². The van der Waals surface area contributed by atoms with Crippen molar-refractivity contribution in [1.29, 1.82) is 5.26 Å². The minimum atomic E-state index is -0.170. The minimum absolute atomic E-state index is 0.170. The van der Waals surface area contributed by atoms with E-state index in [4.69, 9.17) is 5.26 Å². The first-order valence-electron chi connectivity index (χ1n) is 5.23. The van der Waals surface area contributed by atoms with Crippen LogP contribution in [0, 0.1) is 17.3 Å². The van der Waals surface area contributed by atoms with Gasteiger partial charge in [-0.15, -0.1) is 0 Å². The van der Waals surface area contributed by atoms with Crippen molar-refractivity contribution >= 4 is 6.34 Å². The fourth-order valence-corrected chi connectivity index (χ4v) is 2.04.